The van der Waals surface area contributed by atoms with Crippen LogP contribution in [-0.4, -0.2) is 0 Å². The number of hydrogen-bond acceptors (Lipinski definition) is 0. The normalized spacial score (nSPS) is 13.4. The molecule has 0 saturated carbocycles. The Morgan fingerprint density at radius 3 is 2.53 bits per heavy atom. The van der Waals surface area contributed by atoms with E-state index >= 15 is 0 Å². The van der Waals surface area contributed by atoms with Crippen molar-refractivity contribution in [3.63, 3.8) is 0 Å². The molecule has 2 aromatic carbocycles. The molecular weight excluding hydrogens is 204 g/mol. The molecular formula is C17H16. The Morgan fingerprint density at radius 2 is 1.76 bits per heavy atom. The number of allylic oxidation sites excluding steroid dienone is 1. The first-order valence-corrected chi connectivity index (χ1v) is 6.24. The van der Waals surface area contributed by atoms with E-state index in [4.69, 9.17) is 0 Å². The molecule has 0 bridgehead atoms. The molecule has 0 unspecified atom stereocenters. The average Bonchev–Trinajstić information content (AvgIpc) is 2.81. The molecule has 0 heteroatoms. The summed E-state index contributed by atoms with van der Waals surface area (Å²) in [6, 6.07) is 17.4. The number of hydrogen-bond donors (Lipinski definition) is 0. The van der Waals surface area contributed by atoms with Gasteiger partial charge in [0.25, 0.3) is 0 Å². The van der Waals surface area contributed by atoms with Crippen LogP contribution in [0.3, 0.4) is 0 Å². The van der Waals surface area contributed by atoms with Gasteiger partial charge < -0.3 is 0 Å². The number of fused-ring (bicyclic) bond motifs is 1. The van der Waals surface area contributed by atoms with Crippen molar-refractivity contribution in [2.45, 2.75) is 19.8 Å². The summed E-state index contributed by atoms with van der Waals surface area (Å²) in [6.07, 6.45) is 4.65. The number of benzene rings is 2. The van der Waals surface area contributed by atoms with Crippen molar-refractivity contribution in [3.8, 4) is 11.1 Å². The Hall–Kier alpha value is -1.82. The van der Waals surface area contributed by atoms with Crippen LogP contribution >= 0.6 is 0 Å². The first-order valence-electron chi connectivity index (χ1n) is 6.24. The standard InChI is InChI=1S/C17H16/c1-2-13-10-15-8-9-16(12-17(15)11-13)14-6-4-3-5-7-14/h3-9,11-12H,2,10H2,1H3. The van der Waals surface area contributed by atoms with E-state index < -0.39 is 0 Å². The van der Waals surface area contributed by atoms with Crippen molar-refractivity contribution in [3.05, 3.63) is 65.2 Å². The zero-order valence-electron chi connectivity index (χ0n) is 10.1. The maximum Gasteiger partial charge on any atom is -0.00579 e. The molecule has 17 heavy (non-hydrogen) atoms. The maximum absolute atomic E-state index is 2.35. The average molecular weight is 220 g/mol. The van der Waals surface area contributed by atoms with Gasteiger partial charge in [-0.25, -0.2) is 0 Å². The van der Waals surface area contributed by atoms with E-state index in [1.54, 1.807) is 5.57 Å². The van der Waals surface area contributed by atoms with E-state index in [2.05, 4.69) is 61.5 Å². The first kappa shape index (κ1) is 10.3. The van der Waals surface area contributed by atoms with Gasteiger partial charge in [-0.3, -0.25) is 0 Å². The third-order valence-corrected chi connectivity index (χ3v) is 3.48. The van der Waals surface area contributed by atoms with Gasteiger partial charge in [0.05, 0.1) is 0 Å². The van der Waals surface area contributed by atoms with E-state index in [9.17, 15) is 0 Å². The molecule has 0 aromatic heterocycles. The largest absolute Gasteiger partial charge is 0.0655 e. The van der Waals surface area contributed by atoms with Crippen molar-refractivity contribution in [2.24, 2.45) is 0 Å². The fourth-order valence-electron chi connectivity index (χ4n) is 2.44. The van der Waals surface area contributed by atoms with E-state index in [0.29, 0.717) is 0 Å². The predicted molar refractivity (Wildman–Crippen MR) is 73.9 cm³/mol. The van der Waals surface area contributed by atoms with Crippen LogP contribution in [0.5, 0.6) is 0 Å². The maximum atomic E-state index is 2.35. The van der Waals surface area contributed by atoms with Gasteiger partial charge in [-0.2, -0.15) is 0 Å². The quantitative estimate of drug-likeness (QED) is 0.688. The molecule has 0 spiro atoms. The van der Waals surface area contributed by atoms with Gasteiger partial charge in [-0.15, -0.1) is 0 Å². The van der Waals surface area contributed by atoms with Gasteiger partial charge in [0.1, 0.15) is 0 Å². The summed E-state index contributed by atoms with van der Waals surface area (Å²) in [6.45, 7) is 2.23. The highest BCUT2D eigenvalue weighted by molar-refractivity contribution is 5.72. The van der Waals surface area contributed by atoms with Crippen molar-refractivity contribution >= 4 is 6.08 Å². The van der Waals surface area contributed by atoms with Gasteiger partial charge in [0.15, 0.2) is 0 Å². The molecule has 0 heterocycles. The Morgan fingerprint density at radius 1 is 0.941 bits per heavy atom. The van der Waals surface area contributed by atoms with Crippen molar-refractivity contribution in [1.82, 2.24) is 0 Å². The predicted octanol–water partition coefficient (Wildman–Crippen LogP) is 4.70. The van der Waals surface area contributed by atoms with Crippen LogP contribution < -0.4 is 0 Å². The first-order chi connectivity index (χ1) is 8.36. The lowest BCUT2D eigenvalue weighted by Gasteiger charge is -2.04. The minimum Gasteiger partial charge on any atom is -0.0655 e. The van der Waals surface area contributed by atoms with Gasteiger partial charge in [0, 0.05) is 0 Å². The number of rotatable bonds is 2. The second-order valence-corrected chi connectivity index (χ2v) is 4.61. The van der Waals surface area contributed by atoms with E-state index in [-0.39, 0.29) is 0 Å². The molecule has 2 aromatic rings. The van der Waals surface area contributed by atoms with Gasteiger partial charge in [-0.1, -0.05) is 61.0 Å². The molecule has 0 fully saturated rings. The molecule has 3 rings (SSSR count). The summed E-state index contributed by atoms with van der Waals surface area (Å²) in [5.41, 5.74) is 7.04. The molecule has 1 aliphatic rings. The summed E-state index contributed by atoms with van der Waals surface area (Å²) in [5, 5.41) is 0. The zero-order chi connectivity index (χ0) is 11.7. The minimum absolute atomic E-state index is 1.14. The van der Waals surface area contributed by atoms with Crippen molar-refractivity contribution in [2.75, 3.05) is 0 Å². The third-order valence-electron chi connectivity index (χ3n) is 3.48. The third kappa shape index (κ3) is 1.91. The Balaban J connectivity index is 2.03. The van der Waals surface area contributed by atoms with Gasteiger partial charge in [-0.05, 0) is 41.2 Å². The molecule has 0 N–H and O–H groups in total. The topological polar surface area (TPSA) is 0 Å². The summed E-state index contributed by atoms with van der Waals surface area (Å²) in [5.74, 6) is 0. The summed E-state index contributed by atoms with van der Waals surface area (Å²) in [4.78, 5) is 0. The monoisotopic (exact) mass is 220 g/mol. The highest BCUT2D eigenvalue weighted by Crippen LogP contribution is 2.30. The molecule has 0 atom stereocenters. The van der Waals surface area contributed by atoms with Crippen LogP contribution in [0.25, 0.3) is 17.2 Å². The van der Waals surface area contributed by atoms with E-state index in [0.717, 1.165) is 12.8 Å². The van der Waals surface area contributed by atoms with E-state index in [1.807, 2.05) is 0 Å². The van der Waals surface area contributed by atoms with Crippen LogP contribution in [0.2, 0.25) is 0 Å². The van der Waals surface area contributed by atoms with Crippen LogP contribution in [0.4, 0.5) is 0 Å². The van der Waals surface area contributed by atoms with Crippen LogP contribution in [-0.2, 0) is 6.42 Å². The minimum atomic E-state index is 1.14. The highest BCUT2D eigenvalue weighted by atomic mass is 14.2. The molecule has 1 aliphatic carbocycles. The summed E-state index contributed by atoms with van der Waals surface area (Å²) in [7, 11) is 0. The fourth-order valence-corrected chi connectivity index (χ4v) is 2.44. The van der Waals surface area contributed by atoms with E-state index in [1.165, 1.54) is 22.3 Å². The molecule has 0 saturated heterocycles. The van der Waals surface area contributed by atoms with Gasteiger partial charge in [0.2, 0.25) is 0 Å². The smallest absolute Gasteiger partial charge is 0.00579 e. The summed E-state index contributed by atoms with van der Waals surface area (Å²) >= 11 is 0. The van der Waals surface area contributed by atoms with Crippen molar-refractivity contribution < 1.29 is 0 Å². The molecule has 0 radical (unpaired) electrons. The highest BCUT2D eigenvalue weighted by Gasteiger charge is 2.11. The molecule has 84 valence electrons. The second kappa shape index (κ2) is 4.21. The van der Waals surface area contributed by atoms with Crippen LogP contribution in [0.15, 0.2) is 54.1 Å². The fraction of sp³-hybridized carbons (Fsp3) is 0.176. The SMILES string of the molecule is CCC1=Cc2cc(-c3ccccc3)ccc2C1. The second-order valence-electron chi connectivity index (χ2n) is 4.61. The summed E-state index contributed by atoms with van der Waals surface area (Å²) < 4.78 is 0. The van der Waals surface area contributed by atoms with Crippen LogP contribution in [0, 0.1) is 0 Å². The lowest BCUT2D eigenvalue weighted by atomic mass is 10.0. The Bertz CT molecular complexity index is 562. The molecule has 0 aliphatic heterocycles. The lowest BCUT2D eigenvalue weighted by molar-refractivity contribution is 1.04. The molecule has 0 nitrogen and oxygen atoms in total. The molecule has 0 amide bonds. The zero-order valence-corrected chi connectivity index (χ0v) is 10.1. The Kier molecular flexibility index (Phi) is 2.56. The van der Waals surface area contributed by atoms with Gasteiger partial charge >= 0.3 is 0 Å². The lowest BCUT2D eigenvalue weighted by Crippen LogP contribution is -1.85. The van der Waals surface area contributed by atoms with Crippen LogP contribution in [0.1, 0.15) is 24.5 Å². The van der Waals surface area contributed by atoms with Crippen molar-refractivity contribution in [1.29, 1.82) is 0 Å². The Labute approximate surface area is 103 Å².